The molecule has 2 saturated heterocycles. The van der Waals surface area contributed by atoms with Crippen LogP contribution in [0.25, 0.3) is 0 Å². The summed E-state index contributed by atoms with van der Waals surface area (Å²) in [5.74, 6) is 0.0571. The Morgan fingerprint density at radius 1 is 1.12 bits per heavy atom. The molecule has 2 N–H and O–H groups in total. The second-order valence-electron chi connectivity index (χ2n) is 4.15. The number of piperazine rings is 1. The van der Waals surface area contributed by atoms with Gasteiger partial charge in [0.2, 0.25) is 0 Å². The first-order valence-corrected chi connectivity index (χ1v) is 5.63. The summed E-state index contributed by atoms with van der Waals surface area (Å²) in [6, 6.07) is -0.413. The van der Waals surface area contributed by atoms with Gasteiger partial charge in [-0.25, -0.2) is 4.79 Å². The van der Waals surface area contributed by atoms with Crippen LogP contribution >= 0.6 is 0 Å². The zero-order valence-electron chi connectivity index (χ0n) is 9.22. The molecular weight excluding hydrogens is 210 g/mol. The summed E-state index contributed by atoms with van der Waals surface area (Å²) in [7, 11) is 0. The molecule has 0 aromatic carbocycles. The number of ether oxygens (including phenoxy) is 1. The Labute approximate surface area is 94.3 Å². The maximum absolute atomic E-state index is 11.9. The average molecular weight is 227 g/mol. The number of primary amides is 1. The summed E-state index contributed by atoms with van der Waals surface area (Å²) >= 11 is 0. The molecule has 1 unspecified atom stereocenters. The standard InChI is InChI=1S/C10H17N3O3/c11-10(15)13-5-3-12(4-6-13)9(14)8-2-1-7-16-8/h8H,1-7H2,(H2,11,15). The van der Waals surface area contributed by atoms with E-state index < -0.39 is 6.03 Å². The lowest BCUT2D eigenvalue weighted by Gasteiger charge is -2.34. The van der Waals surface area contributed by atoms with E-state index in [0.29, 0.717) is 32.8 Å². The van der Waals surface area contributed by atoms with Gasteiger partial charge in [-0.2, -0.15) is 0 Å². The molecule has 0 aliphatic carbocycles. The predicted molar refractivity (Wildman–Crippen MR) is 56.7 cm³/mol. The van der Waals surface area contributed by atoms with E-state index in [-0.39, 0.29) is 12.0 Å². The highest BCUT2D eigenvalue weighted by atomic mass is 16.5. The van der Waals surface area contributed by atoms with Crippen LogP contribution in [0.2, 0.25) is 0 Å². The second-order valence-corrected chi connectivity index (χ2v) is 4.15. The van der Waals surface area contributed by atoms with Crippen molar-refractivity contribution in [1.82, 2.24) is 9.80 Å². The summed E-state index contributed by atoms with van der Waals surface area (Å²) in [6.07, 6.45) is 1.51. The van der Waals surface area contributed by atoms with Crippen LogP contribution in [0.3, 0.4) is 0 Å². The molecule has 0 spiro atoms. The Hall–Kier alpha value is -1.30. The number of carbonyl (C=O) groups excluding carboxylic acids is 2. The van der Waals surface area contributed by atoms with Gasteiger partial charge >= 0.3 is 6.03 Å². The second kappa shape index (κ2) is 4.69. The van der Waals surface area contributed by atoms with Crippen LogP contribution in [-0.2, 0) is 9.53 Å². The summed E-state index contributed by atoms with van der Waals surface area (Å²) in [5.41, 5.74) is 5.17. The highest BCUT2D eigenvalue weighted by Crippen LogP contribution is 2.15. The minimum absolute atomic E-state index is 0.0571. The third-order valence-electron chi connectivity index (χ3n) is 3.11. The van der Waals surface area contributed by atoms with Gasteiger partial charge in [-0.15, -0.1) is 0 Å². The fraction of sp³-hybridized carbons (Fsp3) is 0.800. The third-order valence-corrected chi connectivity index (χ3v) is 3.11. The highest BCUT2D eigenvalue weighted by Gasteiger charge is 2.30. The maximum Gasteiger partial charge on any atom is 0.314 e. The van der Waals surface area contributed by atoms with Crippen molar-refractivity contribution in [3.63, 3.8) is 0 Å². The minimum atomic E-state index is -0.413. The first-order valence-electron chi connectivity index (χ1n) is 5.63. The van der Waals surface area contributed by atoms with Gasteiger partial charge in [0.25, 0.3) is 5.91 Å². The number of urea groups is 1. The number of nitrogens with two attached hydrogens (primary N) is 1. The number of hydrogen-bond donors (Lipinski definition) is 1. The first-order chi connectivity index (χ1) is 7.68. The van der Waals surface area contributed by atoms with Crippen LogP contribution in [0.15, 0.2) is 0 Å². The van der Waals surface area contributed by atoms with Crippen LogP contribution in [-0.4, -0.2) is 60.6 Å². The topological polar surface area (TPSA) is 75.9 Å². The van der Waals surface area contributed by atoms with Crippen molar-refractivity contribution in [3.05, 3.63) is 0 Å². The lowest BCUT2D eigenvalue weighted by molar-refractivity contribution is -0.142. The molecule has 2 aliphatic rings. The summed E-state index contributed by atoms with van der Waals surface area (Å²) < 4.78 is 5.35. The normalized spacial score (nSPS) is 25.9. The fourth-order valence-corrected chi connectivity index (χ4v) is 2.12. The molecule has 2 heterocycles. The number of hydrogen-bond acceptors (Lipinski definition) is 3. The zero-order valence-corrected chi connectivity index (χ0v) is 9.22. The highest BCUT2D eigenvalue weighted by molar-refractivity contribution is 5.81. The molecule has 16 heavy (non-hydrogen) atoms. The van der Waals surface area contributed by atoms with Crippen molar-refractivity contribution >= 4 is 11.9 Å². The van der Waals surface area contributed by atoms with Crippen LogP contribution < -0.4 is 5.73 Å². The van der Waals surface area contributed by atoms with Gasteiger partial charge in [-0.3, -0.25) is 4.79 Å². The SMILES string of the molecule is NC(=O)N1CCN(C(=O)C2CCCO2)CC1. The molecule has 1 atom stereocenters. The largest absolute Gasteiger partial charge is 0.368 e. The van der Waals surface area contributed by atoms with E-state index in [1.165, 1.54) is 0 Å². The van der Waals surface area contributed by atoms with Crippen molar-refractivity contribution < 1.29 is 14.3 Å². The number of rotatable bonds is 1. The Bertz CT molecular complexity index is 281. The summed E-state index contributed by atoms with van der Waals surface area (Å²) in [5, 5.41) is 0. The monoisotopic (exact) mass is 227 g/mol. The average Bonchev–Trinajstić information content (AvgIpc) is 2.81. The maximum atomic E-state index is 11.9. The van der Waals surface area contributed by atoms with Crippen molar-refractivity contribution in [1.29, 1.82) is 0 Å². The summed E-state index contributed by atoms with van der Waals surface area (Å²) in [4.78, 5) is 26.2. The molecular formula is C10H17N3O3. The van der Waals surface area contributed by atoms with E-state index in [1.54, 1.807) is 9.80 Å². The van der Waals surface area contributed by atoms with E-state index in [4.69, 9.17) is 10.5 Å². The van der Waals surface area contributed by atoms with Gasteiger partial charge in [0, 0.05) is 32.8 Å². The lowest BCUT2D eigenvalue weighted by atomic mass is 10.2. The number of amides is 3. The van der Waals surface area contributed by atoms with Crippen LogP contribution in [0, 0.1) is 0 Å². The molecule has 6 nitrogen and oxygen atoms in total. The Morgan fingerprint density at radius 3 is 2.25 bits per heavy atom. The molecule has 3 amide bonds. The molecule has 0 radical (unpaired) electrons. The van der Waals surface area contributed by atoms with E-state index in [0.717, 1.165) is 12.8 Å². The molecule has 0 bridgehead atoms. The molecule has 2 rings (SSSR count). The van der Waals surface area contributed by atoms with Crippen molar-refractivity contribution in [2.24, 2.45) is 5.73 Å². The fourth-order valence-electron chi connectivity index (χ4n) is 2.12. The molecule has 6 heteroatoms. The van der Waals surface area contributed by atoms with Gasteiger partial charge in [-0.05, 0) is 12.8 Å². The Balaban J connectivity index is 1.84. The smallest absolute Gasteiger partial charge is 0.314 e. The Kier molecular flexibility index (Phi) is 3.28. The molecule has 0 saturated carbocycles. The van der Waals surface area contributed by atoms with Crippen molar-refractivity contribution in [2.75, 3.05) is 32.8 Å². The third kappa shape index (κ3) is 2.27. The minimum Gasteiger partial charge on any atom is -0.368 e. The molecule has 0 aromatic rings. The van der Waals surface area contributed by atoms with Gasteiger partial charge < -0.3 is 20.3 Å². The molecule has 2 fully saturated rings. The van der Waals surface area contributed by atoms with Crippen molar-refractivity contribution in [3.8, 4) is 0 Å². The van der Waals surface area contributed by atoms with E-state index >= 15 is 0 Å². The van der Waals surface area contributed by atoms with Crippen molar-refractivity contribution in [2.45, 2.75) is 18.9 Å². The summed E-state index contributed by atoms with van der Waals surface area (Å²) in [6.45, 7) is 2.84. The van der Waals surface area contributed by atoms with Crippen LogP contribution in [0.5, 0.6) is 0 Å². The Morgan fingerprint density at radius 2 is 1.75 bits per heavy atom. The van der Waals surface area contributed by atoms with Gasteiger partial charge in [0.1, 0.15) is 6.10 Å². The predicted octanol–water partition coefficient (Wildman–Crippen LogP) is -0.612. The van der Waals surface area contributed by atoms with E-state index in [2.05, 4.69) is 0 Å². The van der Waals surface area contributed by atoms with Crippen LogP contribution in [0.1, 0.15) is 12.8 Å². The van der Waals surface area contributed by atoms with E-state index in [1.807, 2.05) is 0 Å². The first kappa shape index (κ1) is 11.2. The lowest BCUT2D eigenvalue weighted by Crippen LogP contribution is -2.53. The van der Waals surface area contributed by atoms with Gasteiger partial charge in [0.15, 0.2) is 0 Å². The number of nitrogens with zero attached hydrogens (tertiary/aromatic N) is 2. The van der Waals surface area contributed by atoms with Crippen LogP contribution in [0.4, 0.5) is 4.79 Å². The molecule has 0 aromatic heterocycles. The van der Waals surface area contributed by atoms with E-state index in [9.17, 15) is 9.59 Å². The quantitative estimate of drug-likeness (QED) is 0.649. The van der Waals surface area contributed by atoms with Gasteiger partial charge in [-0.1, -0.05) is 0 Å². The molecule has 2 aliphatic heterocycles. The molecule has 90 valence electrons. The zero-order chi connectivity index (χ0) is 11.5. The van der Waals surface area contributed by atoms with Gasteiger partial charge in [0.05, 0.1) is 0 Å². The number of carbonyl (C=O) groups is 2.